The van der Waals surface area contributed by atoms with Gasteiger partial charge in [0.25, 0.3) is 0 Å². The Morgan fingerprint density at radius 3 is 2.40 bits per heavy atom. The lowest BCUT2D eigenvalue weighted by molar-refractivity contribution is 0.726. The third-order valence-electron chi connectivity index (χ3n) is 3.29. The number of nitrogens with zero attached hydrogens (tertiary/aromatic N) is 1. The molecule has 82 valence electrons. The van der Waals surface area contributed by atoms with Gasteiger partial charge in [-0.05, 0) is 37.5 Å². The highest BCUT2D eigenvalue weighted by Gasteiger charge is 2.12. The molecule has 1 aromatic carbocycles. The fourth-order valence-electron chi connectivity index (χ4n) is 2.29. The number of benzene rings is 1. The third kappa shape index (κ3) is 2.25. The molecule has 0 spiro atoms. The van der Waals surface area contributed by atoms with E-state index < -0.39 is 0 Å². The van der Waals surface area contributed by atoms with Gasteiger partial charge < -0.3 is 10.6 Å². The highest BCUT2D eigenvalue weighted by atomic mass is 15.1. The van der Waals surface area contributed by atoms with Crippen LogP contribution in [-0.4, -0.2) is 13.1 Å². The molecule has 0 aliphatic carbocycles. The zero-order valence-corrected chi connectivity index (χ0v) is 9.50. The van der Waals surface area contributed by atoms with Crippen molar-refractivity contribution >= 4 is 11.4 Å². The minimum absolute atomic E-state index is 0.914. The molecule has 0 saturated carbocycles. The topological polar surface area (TPSA) is 29.3 Å². The van der Waals surface area contributed by atoms with E-state index in [1.165, 1.54) is 50.0 Å². The molecule has 0 radical (unpaired) electrons. The van der Waals surface area contributed by atoms with Crippen molar-refractivity contribution in [3.63, 3.8) is 0 Å². The van der Waals surface area contributed by atoms with Crippen LogP contribution in [0.5, 0.6) is 0 Å². The summed E-state index contributed by atoms with van der Waals surface area (Å²) in [5.41, 5.74) is 9.42. The number of nitrogen functional groups attached to an aromatic ring is 1. The first kappa shape index (κ1) is 10.3. The fraction of sp³-hybridized carbons (Fsp3) is 0.538. The SMILES string of the molecule is Cc1c(N)cccc1N1CCCCCC1. The summed E-state index contributed by atoms with van der Waals surface area (Å²) in [5.74, 6) is 0. The Kier molecular flexibility index (Phi) is 3.14. The number of hydrogen-bond acceptors (Lipinski definition) is 2. The van der Waals surface area contributed by atoms with Gasteiger partial charge >= 0.3 is 0 Å². The van der Waals surface area contributed by atoms with Crippen molar-refractivity contribution in [3.05, 3.63) is 23.8 Å². The highest BCUT2D eigenvalue weighted by molar-refractivity contribution is 5.64. The van der Waals surface area contributed by atoms with Crippen LogP contribution in [0.3, 0.4) is 0 Å². The molecular formula is C13H20N2. The molecule has 0 aromatic heterocycles. The second-order valence-corrected chi connectivity index (χ2v) is 4.39. The van der Waals surface area contributed by atoms with E-state index in [0.29, 0.717) is 0 Å². The van der Waals surface area contributed by atoms with Gasteiger partial charge in [-0.25, -0.2) is 0 Å². The van der Waals surface area contributed by atoms with Gasteiger partial charge in [-0.3, -0.25) is 0 Å². The first-order chi connectivity index (χ1) is 7.29. The van der Waals surface area contributed by atoms with Crippen LogP contribution in [0.25, 0.3) is 0 Å². The van der Waals surface area contributed by atoms with Gasteiger partial charge in [-0.1, -0.05) is 18.9 Å². The summed E-state index contributed by atoms with van der Waals surface area (Å²) < 4.78 is 0. The number of anilines is 2. The molecule has 1 fully saturated rings. The van der Waals surface area contributed by atoms with Gasteiger partial charge in [0.1, 0.15) is 0 Å². The van der Waals surface area contributed by atoms with Gasteiger partial charge in [0, 0.05) is 24.5 Å². The summed E-state index contributed by atoms with van der Waals surface area (Å²) in [7, 11) is 0. The second-order valence-electron chi connectivity index (χ2n) is 4.39. The summed E-state index contributed by atoms with van der Waals surface area (Å²) in [6, 6.07) is 6.23. The van der Waals surface area contributed by atoms with Crippen LogP contribution >= 0.6 is 0 Å². The Balaban J connectivity index is 2.23. The minimum atomic E-state index is 0.914. The van der Waals surface area contributed by atoms with Crippen LogP contribution in [0.1, 0.15) is 31.2 Å². The van der Waals surface area contributed by atoms with Crippen molar-refractivity contribution in [1.29, 1.82) is 0 Å². The predicted molar refractivity (Wildman–Crippen MR) is 66.3 cm³/mol. The molecule has 1 saturated heterocycles. The lowest BCUT2D eigenvalue weighted by atomic mass is 10.1. The summed E-state index contributed by atoms with van der Waals surface area (Å²) in [6.07, 6.45) is 5.37. The van der Waals surface area contributed by atoms with E-state index in [1.54, 1.807) is 0 Å². The first-order valence-corrected chi connectivity index (χ1v) is 5.89. The monoisotopic (exact) mass is 204 g/mol. The van der Waals surface area contributed by atoms with E-state index in [0.717, 1.165) is 5.69 Å². The van der Waals surface area contributed by atoms with E-state index in [9.17, 15) is 0 Å². The van der Waals surface area contributed by atoms with Crippen molar-refractivity contribution in [2.24, 2.45) is 0 Å². The van der Waals surface area contributed by atoms with Crippen molar-refractivity contribution in [3.8, 4) is 0 Å². The van der Waals surface area contributed by atoms with Crippen LogP contribution in [0, 0.1) is 6.92 Å². The van der Waals surface area contributed by atoms with Crippen molar-refractivity contribution in [2.75, 3.05) is 23.7 Å². The lowest BCUT2D eigenvalue weighted by Gasteiger charge is -2.25. The molecule has 2 N–H and O–H groups in total. The Labute approximate surface area is 92.1 Å². The number of rotatable bonds is 1. The summed E-state index contributed by atoms with van der Waals surface area (Å²) in [4.78, 5) is 2.48. The average molecular weight is 204 g/mol. The number of hydrogen-bond donors (Lipinski definition) is 1. The molecule has 0 unspecified atom stereocenters. The molecule has 1 aliphatic rings. The van der Waals surface area contributed by atoms with Crippen LogP contribution < -0.4 is 10.6 Å². The van der Waals surface area contributed by atoms with Crippen LogP contribution in [0.4, 0.5) is 11.4 Å². The summed E-state index contributed by atoms with van der Waals surface area (Å²) in [6.45, 7) is 4.49. The Morgan fingerprint density at radius 1 is 1.07 bits per heavy atom. The van der Waals surface area contributed by atoms with Gasteiger partial charge in [-0.2, -0.15) is 0 Å². The molecule has 0 atom stereocenters. The molecule has 2 heteroatoms. The van der Waals surface area contributed by atoms with Crippen LogP contribution in [0.2, 0.25) is 0 Å². The van der Waals surface area contributed by atoms with E-state index in [4.69, 9.17) is 5.73 Å². The molecule has 15 heavy (non-hydrogen) atoms. The van der Waals surface area contributed by atoms with E-state index in [-0.39, 0.29) is 0 Å². The standard InChI is InChI=1S/C13H20N2/c1-11-12(14)7-6-8-13(11)15-9-4-2-3-5-10-15/h6-8H,2-5,9-10,14H2,1H3. The van der Waals surface area contributed by atoms with Crippen molar-refractivity contribution in [1.82, 2.24) is 0 Å². The Bertz CT molecular complexity index is 325. The van der Waals surface area contributed by atoms with E-state index in [1.807, 2.05) is 6.07 Å². The van der Waals surface area contributed by atoms with Gasteiger partial charge in [0.05, 0.1) is 0 Å². The lowest BCUT2D eigenvalue weighted by Crippen LogP contribution is -2.24. The molecule has 1 aliphatic heterocycles. The van der Waals surface area contributed by atoms with Crippen LogP contribution in [-0.2, 0) is 0 Å². The maximum Gasteiger partial charge on any atom is 0.0416 e. The van der Waals surface area contributed by atoms with Gasteiger partial charge in [0.2, 0.25) is 0 Å². The van der Waals surface area contributed by atoms with E-state index in [2.05, 4.69) is 24.0 Å². The quantitative estimate of drug-likeness (QED) is 0.713. The molecule has 1 heterocycles. The maximum absolute atomic E-state index is 5.94. The minimum Gasteiger partial charge on any atom is -0.398 e. The van der Waals surface area contributed by atoms with Crippen molar-refractivity contribution < 1.29 is 0 Å². The molecule has 2 rings (SSSR count). The molecule has 0 amide bonds. The first-order valence-electron chi connectivity index (χ1n) is 5.89. The van der Waals surface area contributed by atoms with Gasteiger partial charge in [0.15, 0.2) is 0 Å². The second kappa shape index (κ2) is 4.56. The normalized spacial score (nSPS) is 17.5. The zero-order chi connectivity index (χ0) is 10.7. The molecule has 0 bridgehead atoms. The molecule has 2 nitrogen and oxygen atoms in total. The maximum atomic E-state index is 5.94. The largest absolute Gasteiger partial charge is 0.398 e. The Morgan fingerprint density at radius 2 is 1.73 bits per heavy atom. The number of nitrogens with two attached hydrogens (primary N) is 1. The summed E-state index contributed by atoms with van der Waals surface area (Å²) >= 11 is 0. The van der Waals surface area contributed by atoms with Gasteiger partial charge in [-0.15, -0.1) is 0 Å². The third-order valence-corrected chi connectivity index (χ3v) is 3.29. The predicted octanol–water partition coefficient (Wildman–Crippen LogP) is 2.96. The molecule has 1 aromatic rings. The summed E-state index contributed by atoms with van der Waals surface area (Å²) in [5, 5.41) is 0. The fourth-order valence-corrected chi connectivity index (χ4v) is 2.29. The van der Waals surface area contributed by atoms with Crippen LogP contribution in [0.15, 0.2) is 18.2 Å². The molecular weight excluding hydrogens is 184 g/mol. The smallest absolute Gasteiger partial charge is 0.0416 e. The average Bonchev–Trinajstić information content (AvgIpc) is 2.50. The van der Waals surface area contributed by atoms with E-state index >= 15 is 0 Å². The Hall–Kier alpha value is -1.18. The zero-order valence-electron chi connectivity index (χ0n) is 9.50. The highest BCUT2D eigenvalue weighted by Crippen LogP contribution is 2.26. The van der Waals surface area contributed by atoms with Crippen molar-refractivity contribution in [2.45, 2.75) is 32.6 Å².